The zero-order chi connectivity index (χ0) is 21.1. The molecule has 1 aliphatic heterocycles. The maximum atomic E-state index is 6.19. The number of ether oxygens (including phenoxy) is 3. The lowest BCUT2D eigenvalue weighted by Gasteiger charge is -2.34. The zero-order valence-corrected chi connectivity index (χ0v) is 17.5. The van der Waals surface area contributed by atoms with E-state index in [1.807, 2.05) is 18.2 Å². The summed E-state index contributed by atoms with van der Waals surface area (Å²) in [5, 5.41) is 4.19. The Hall–Kier alpha value is -3.42. The second-order valence-electron chi connectivity index (χ2n) is 7.26. The Morgan fingerprint density at radius 3 is 2.23 bits per heavy atom. The van der Waals surface area contributed by atoms with E-state index in [0.717, 1.165) is 42.6 Å². The van der Waals surface area contributed by atoms with Gasteiger partial charge in [0.25, 0.3) is 0 Å². The van der Waals surface area contributed by atoms with Crippen molar-refractivity contribution in [1.29, 1.82) is 0 Å². The standard InChI is InChI=1S/C22H27N5O3/c1-28-16-6-4-15(5-7-16)27-10-8-14(9-11-27)24-22-25-18-13-20(30-3)19(29-2)12-17(18)21(23)26-22/h4-7,12-14H,8-11H2,1-3H3,(H3,23,24,25,26). The molecule has 0 aliphatic carbocycles. The first kappa shape index (κ1) is 19.9. The summed E-state index contributed by atoms with van der Waals surface area (Å²) in [6.07, 6.45) is 1.97. The van der Waals surface area contributed by atoms with Crippen LogP contribution in [-0.4, -0.2) is 50.4 Å². The molecule has 3 N–H and O–H groups in total. The molecule has 0 saturated carbocycles. The van der Waals surface area contributed by atoms with Gasteiger partial charge in [-0.25, -0.2) is 4.98 Å². The van der Waals surface area contributed by atoms with Crippen LogP contribution in [0.1, 0.15) is 12.8 Å². The molecule has 8 heteroatoms. The van der Waals surface area contributed by atoms with Crippen LogP contribution in [0.25, 0.3) is 10.9 Å². The quantitative estimate of drug-likeness (QED) is 0.640. The normalized spacial score (nSPS) is 14.6. The van der Waals surface area contributed by atoms with Crippen molar-refractivity contribution in [2.45, 2.75) is 18.9 Å². The SMILES string of the molecule is COc1ccc(N2CCC(Nc3nc(N)c4cc(OC)c(OC)cc4n3)CC2)cc1. The van der Waals surface area contributed by atoms with Gasteiger partial charge in [-0.05, 0) is 43.2 Å². The fourth-order valence-electron chi connectivity index (χ4n) is 3.80. The van der Waals surface area contributed by atoms with Gasteiger partial charge in [0.1, 0.15) is 11.6 Å². The molecule has 1 aliphatic rings. The van der Waals surface area contributed by atoms with Crippen molar-refractivity contribution in [3.8, 4) is 17.2 Å². The summed E-state index contributed by atoms with van der Waals surface area (Å²) in [5.74, 6) is 3.04. The highest BCUT2D eigenvalue weighted by molar-refractivity contribution is 5.91. The first-order chi connectivity index (χ1) is 14.6. The average Bonchev–Trinajstić information content (AvgIpc) is 2.79. The number of nitrogens with zero attached hydrogens (tertiary/aromatic N) is 3. The molecule has 2 aromatic carbocycles. The molecule has 158 valence electrons. The van der Waals surface area contributed by atoms with Gasteiger partial charge in [0.05, 0.1) is 26.8 Å². The van der Waals surface area contributed by atoms with Crippen molar-refractivity contribution in [3.63, 3.8) is 0 Å². The van der Waals surface area contributed by atoms with Crippen molar-refractivity contribution in [3.05, 3.63) is 36.4 Å². The molecule has 0 unspecified atom stereocenters. The number of fused-ring (bicyclic) bond motifs is 1. The van der Waals surface area contributed by atoms with Crippen LogP contribution in [0.3, 0.4) is 0 Å². The minimum absolute atomic E-state index is 0.288. The van der Waals surface area contributed by atoms with Gasteiger partial charge in [0.2, 0.25) is 5.95 Å². The van der Waals surface area contributed by atoms with Crippen molar-refractivity contribution >= 4 is 28.4 Å². The summed E-state index contributed by atoms with van der Waals surface area (Å²) in [6, 6.07) is 12.1. The van der Waals surface area contributed by atoms with E-state index >= 15 is 0 Å². The van der Waals surface area contributed by atoms with Crippen LogP contribution in [0.4, 0.5) is 17.5 Å². The smallest absolute Gasteiger partial charge is 0.225 e. The Kier molecular flexibility index (Phi) is 5.65. The van der Waals surface area contributed by atoms with Gasteiger partial charge >= 0.3 is 0 Å². The molecule has 0 bridgehead atoms. The molecule has 30 heavy (non-hydrogen) atoms. The van der Waals surface area contributed by atoms with Crippen molar-refractivity contribution < 1.29 is 14.2 Å². The molecule has 0 radical (unpaired) electrons. The Labute approximate surface area is 176 Å². The number of nitrogens with one attached hydrogen (secondary N) is 1. The molecule has 0 atom stereocenters. The summed E-state index contributed by atoms with van der Waals surface area (Å²) in [4.78, 5) is 11.5. The highest BCUT2D eigenvalue weighted by Crippen LogP contribution is 2.34. The third-order valence-electron chi connectivity index (χ3n) is 5.50. The molecule has 4 rings (SSSR count). The second kappa shape index (κ2) is 8.52. The van der Waals surface area contributed by atoms with Gasteiger partial charge in [-0.2, -0.15) is 4.98 Å². The first-order valence-electron chi connectivity index (χ1n) is 9.96. The minimum atomic E-state index is 0.288. The van der Waals surface area contributed by atoms with E-state index in [0.29, 0.717) is 23.3 Å². The number of methoxy groups -OCH3 is 3. The van der Waals surface area contributed by atoms with E-state index in [1.165, 1.54) is 5.69 Å². The predicted octanol–water partition coefficient (Wildman–Crippen LogP) is 3.32. The topological polar surface area (TPSA) is 94.8 Å². The van der Waals surface area contributed by atoms with E-state index in [4.69, 9.17) is 19.9 Å². The van der Waals surface area contributed by atoms with Crippen LogP contribution >= 0.6 is 0 Å². The second-order valence-corrected chi connectivity index (χ2v) is 7.26. The molecule has 8 nitrogen and oxygen atoms in total. The highest BCUT2D eigenvalue weighted by atomic mass is 16.5. The van der Waals surface area contributed by atoms with Crippen molar-refractivity contribution in [2.75, 3.05) is 50.4 Å². The Bertz CT molecular complexity index is 1020. The molecule has 1 saturated heterocycles. The van der Waals surface area contributed by atoms with Gasteiger partial charge < -0.3 is 30.2 Å². The predicted molar refractivity (Wildman–Crippen MR) is 119 cm³/mol. The molecule has 0 amide bonds. The Balaban J connectivity index is 1.45. The molecule has 3 aromatic rings. The van der Waals surface area contributed by atoms with Gasteiger partial charge in [-0.1, -0.05) is 0 Å². The Morgan fingerprint density at radius 2 is 1.60 bits per heavy atom. The molecule has 1 fully saturated rings. The number of hydrogen-bond donors (Lipinski definition) is 2. The third kappa shape index (κ3) is 3.98. The number of nitrogens with two attached hydrogens (primary N) is 1. The summed E-state index contributed by atoms with van der Waals surface area (Å²) in [5.41, 5.74) is 8.12. The van der Waals surface area contributed by atoms with Gasteiger partial charge in [0, 0.05) is 36.3 Å². The largest absolute Gasteiger partial charge is 0.497 e. The summed E-state index contributed by atoms with van der Waals surface area (Å²) >= 11 is 0. The fourth-order valence-corrected chi connectivity index (χ4v) is 3.80. The summed E-state index contributed by atoms with van der Waals surface area (Å²) in [6.45, 7) is 1.91. The van der Waals surface area contributed by atoms with Gasteiger partial charge in [0.15, 0.2) is 11.5 Å². The third-order valence-corrected chi connectivity index (χ3v) is 5.50. The lowest BCUT2D eigenvalue weighted by Crippen LogP contribution is -2.39. The minimum Gasteiger partial charge on any atom is -0.497 e. The van der Waals surface area contributed by atoms with Crippen molar-refractivity contribution in [1.82, 2.24) is 9.97 Å². The number of benzene rings is 2. The number of aromatic nitrogens is 2. The fraction of sp³-hybridized carbons (Fsp3) is 0.364. The summed E-state index contributed by atoms with van der Waals surface area (Å²) in [7, 11) is 4.87. The van der Waals surface area contributed by atoms with Gasteiger partial charge in [-0.15, -0.1) is 0 Å². The van der Waals surface area contributed by atoms with E-state index in [2.05, 4.69) is 32.3 Å². The summed E-state index contributed by atoms with van der Waals surface area (Å²) < 4.78 is 16.0. The van der Waals surface area contributed by atoms with Crippen LogP contribution in [0.15, 0.2) is 36.4 Å². The number of nitrogen functional groups attached to an aromatic ring is 1. The van der Waals surface area contributed by atoms with Crippen LogP contribution in [0, 0.1) is 0 Å². The zero-order valence-electron chi connectivity index (χ0n) is 17.5. The van der Waals surface area contributed by atoms with Crippen LogP contribution in [0.2, 0.25) is 0 Å². The monoisotopic (exact) mass is 409 g/mol. The lowest BCUT2D eigenvalue weighted by molar-refractivity contribution is 0.356. The number of anilines is 3. The molecular formula is C22H27N5O3. The van der Waals surface area contributed by atoms with Crippen LogP contribution in [0.5, 0.6) is 17.2 Å². The molecule has 0 spiro atoms. The van der Waals surface area contributed by atoms with E-state index in [1.54, 1.807) is 27.4 Å². The average molecular weight is 409 g/mol. The number of piperidine rings is 1. The van der Waals surface area contributed by atoms with Crippen LogP contribution in [-0.2, 0) is 0 Å². The molecule has 1 aromatic heterocycles. The van der Waals surface area contributed by atoms with Crippen molar-refractivity contribution in [2.24, 2.45) is 0 Å². The molecule has 2 heterocycles. The highest BCUT2D eigenvalue weighted by Gasteiger charge is 2.21. The molecular weight excluding hydrogens is 382 g/mol. The van der Waals surface area contributed by atoms with E-state index in [9.17, 15) is 0 Å². The number of hydrogen-bond acceptors (Lipinski definition) is 8. The maximum Gasteiger partial charge on any atom is 0.225 e. The lowest BCUT2D eigenvalue weighted by atomic mass is 10.0. The van der Waals surface area contributed by atoms with E-state index in [-0.39, 0.29) is 6.04 Å². The Morgan fingerprint density at radius 1 is 0.933 bits per heavy atom. The maximum absolute atomic E-state index is 6.19. The van der Waals surface area contributed by atoms with Gasteiger partial charge in [-0.3, -0.25) is 0 Å². The number of rotatable bonds is 6. The van der Waals surface area contributed by atoms with E-state index < -0.39 is 0 Å². The first-order valence-corrected chi connectivity index (χ1v) is 9.96. The van der Waals surface area contributed by atoms with Crippen LogP contribution < -0.4 is 30.2 Å².